The third kappa shape index (κ3) is 5.44. The van der Waals surface area contributed by atoms with Crippen LogP contribution in [-0.4, -0.2) is 32.5 Å². The van der Waals surface area contributed by atoms with Gasteiger partial charge in [-0.15, -0.1) is 0 Å². The summed E-state index contributed by atoms with van der Waals surface area (Å²) in [4.78, 5) is 0. The first-order valence-corrected chi connectivity index (χ1v) is 18.6. The average Bonchev–Trinajstić information content (AvgIpc) is 3.08. The van der Waals surface area contributed by atoms with Crippen molar-refractivity contribution in [1.29, 1.82) is 0 Å². The van der Waals surface area contributed by atoms with E-state index >= 15 is 0 Å². The molecule has 5 heteroatoms. The molecule has 0 unspecified atom stereocenters. The van der Waals surface area contributed by atoms with Crippen molar-refractivity contribution < 1.29 is 6.96 Å². The van der Waals surface area contributed by atoms with Crippen LogP contribution in [-0.2, 0) is 6.96 Å². The SMILES string of the molecule is c1ccc([Si]([O][Al+][O][Si](c2ccccc2)(c2ccccc2)c2ccccc2)(c2ccccc2)c2ccccc2)cc1. The summed E-state index contributed by atoms with van der Waals surface area (Å²) in [6.07, 6.45) is 0. The average molecular weight is 578 g/mol. The van der Waals surface area contributed by atoms with Crippen molar-refractivity contribution in [3.63, 3.8) is 0 Å². The van der Waals surface area contributed by atoms with Crippen LogP contribution < -0.4 is 31.1 Å². The van der Waals surface area contributed by atoms with Crippen molar-refractivity contribution in [3.8, 4) is 0 Å². The Morgan fingerprint density at radius 1 is 0.268 bits per heavy atom. The predicted octanol–water partition coefficient (Wildman–Crippen LogP) is 3.89. The van der Waals surface area contributed by atoms with Gasteiger partial charge in [-0.2, -0.15) is 0 Å². The zero-order valence-corrected chi connectivity index (χ0v) is 25.9. The van der Waals surface area contributed by atoms with Gasteiger partial charge in [0, 0.05) is 0 Å². The molecule has 0 saturated heterocycles. The Balaban J connectivity index is 1.50. The zero-order valence-electron chi connectivity index (χ0n) is 22.7. The van der Waals surface area contributed by atoms with E-state index in [0.29, 0.717) is 0 Å². The molecule has 6 aromatic carbocycles. The molecule has 0 amide bonds. The predicted molar refractivity (Wildman–Crippen MR) is 176 cm³/mol. The molecular weight excluding hydrogens is 548 g/mol. The molecule has 0 aliphatic heterocycles. The first-order chi connectivity index (χ1) is 20.3. The second-order valence-corrected chi connectivity index (χ2v) is 18.2. The van der Waals surface area contributed by atoms with E-state index in [4.69, 9.17) is 6.96 Å². The van der Waals surface area contributed by atoms with Gasteiger partial charge in [-0.3, -0.25) is 0 Å². The fourth-order valence-electron chi connectivity index (χ4n) is 5.61. The van der Waals surface area contributed by atoms with Crippen molar-refractivity contribution in [3.05, 3.63) is 182 Å². The van der Waals surface area contributed by atoms with E-state index in [1.165, 1.54) is 31.1 Å². The first kappa shape index (κ1) is 27.4. The molecule has 0 aromatic heterocycles. The van der Waals surface area contributed by atoms with Crippen molar-refractivity contribution in [1.82, 2.24) is 0 Å². The van der Waals surface area contributed by atoms with Crippen LogP contribution in [0.1, 0.15) is 0 Å². The van der Waals surface area contributed by atoms with Crippen LogP contribution >= 0.6 is 0 Å². The Hall–Kier alpha value is -3.79. The molecule has 2 nitrogen and oxygen atoms in total. The zero-order chi connectivity index (χ0) is 27.8. The van der Waals surface area contributed by atoms with Crippen LogP contribution in [0.25, 0.3) is 0 Å². The number of benzene rings is 6. The molecule has 196 valence electrons. The van der Waals surface area contributed by atoms with Crippen molar-refractivity contribution >= 4 is 63.6 Å². The second kappa shape index (κ2) is 12.8. The Bertz CT molecular complexity index is 1320. The molecule has 0 atom stereocenters. The molecule has 0 saturated carbocycles. The summed E-state index contributed by atoms with van der Waals surface area (Å²) in [7, 11) is -5.78. The van der Waals surface area contributed by atoms with E-state index in [2.05, 4.69) is 182 Å². The van der Waals surface area contributed by atoms with Gasteiger partial charge >= 0.3 is 253 Å². The molecule has 41 heavy (non-hydrogen) atoms. The summed E-state index contributed by atoms with van der Waals surface area (Å²) in [5.41, 5.74) is 0. The van der Waals surface area contributed by atoms with Crippen molar-refractivity contribution in [2.24, 2.45) is 0 Å². The number of rotatable bonds is 10. The van der Waals surface area contributed by atoms with E-state index < -0.39 is 32.5 Å². The molecule has 0 aliphatic rings. The summed E-state index contributed by atoms with van der Waals surface area (Å²) in [5.74, 6) is 0. The van der Waals surface area contributed by atoms with Gasteiger partial charge in [0.1, 0.15) is 0 Å². The Kier molecular flexibility index (Phi) is 8.55. The van der Waals surface area contributed by atoms with Gasteiger partial charge in [-0.25, -0.2) is 0 Å². The first-order valence-electron chi connectivity index (χ1n) is 13.8. The molecular formula is C36H30AlO2Si2+. The van der Waals surface area contributed by atoms with Gasteiger partial charge in [0.2, 0.25) is 0 Å². The van der Waals surface area contributed by atoms with Crippen LogP contribution in [0.4, 0.5) is 0 Å². The maximum atomic E-state index is 7.34. The molecule has 0 radical (unpaired) electrons. The number of hydrogen-bond acceptors (Lipinski definition) is 2. The van der Waals surface area contributed by atoms with Gasteiger partial charge in [0.05, 0.1) is 0 Å². The normalized spacial score (nSPS) is 11.5. The summed E-state index contributed by atoms with van der Waals surface area (Å²) >= 11 is -0.862. The Morgan fingerprint density at radius 3 is 0.610 bits per heavy atom. The standard InChI is InChI=1S/2C18H15OSi.Al/c2*19-20(16-10-4-1-5-11-16,17-12-6-2-7-13-17)18-14-8-3-9-15-18;/h2*1-15H;/q2*-1;+3. The van der Waals surface area contributed by atoms with Gasteiger partial charge < -0.3 is 0 Å². The molecule has 0 fully saturated rings. The fourth-order valence-corrected chi connectivity index (χ4v) is 16.6. The van der Waals surface area contributed by atoms with E-state index in [1.54, 1.807) is 0 Å². The van der Waals surface area contributed by atoms with Crippen molar-refractivity contribution in [2.75, 3.05) is 0 Å². The van der Waals surface area contributed by atoms with Gasteiger partial charge in [0.15, 0.2) is 0 Å². The molecule has 0 bridgehead atoms. The van der Waals surface area contributed by atoms with E-state index in [9.17, 15) is 0 Å². The molecule has 0 spiro atoms. The van der Waals surface area contributed by atoms with E-state index in [-0.39, 0.29) is 0 Å². The Labute approximate surface area is 251 Å². The second-order valence-electron chi connectivity index (χ2n) is 9.89. The summed E-state index contributed by atoms with van der Waals surface area (Å²) in [5, 5.41) is 7.25. The summed E-state index contributed by atoms with van der Waals surface area (Å²) in [6.45, 7) is 0. The summed E-state index contributed by atoms with van der Waals surface area (Å²) < 4.78 is 14.7. The molecule has 0 N–H and O–H groups in total. The van der Waals surface area contributed by atoms with Crippen LogP contribution in [0.2, 0.25) is 0 Å². The van der Waals surface area contributed by atoms with Gasteiger partial charge in [-0.05, 0) is 0 Å². The van der Waals surface area contributed by atoms with E-state index in [0.717, 1.165) is 0 Å². The Morgan fingerprint density at radius 2 is 0.439 bits per heavy atom. The van der Waals surface area contributed by atoms with E-state index in [1.807, 2.05) is 0 Å². The summed E-state index contributed by atoms with van der Waals surface area (Å²) in [6, 6.07) is 64.3. The van der Waals surface area contributed by atoms with Crippen LogP contribution in [0.15, 0.2) is 182 Å². The topological polar surface area (TPSA) is 18.5 Å². The fraction of sp³-hybridized carbons (Fsp3) is 0. The van der Waals surface area contributed by atoms with Crippen molar-refractivity contribution in [2.45, 2.75) is 0 Å². The third-order valence-corrected chi connectivity index (χ3v) is 18.0. The molecule has 6 rings (SSSR count). The minimum absolute atomic E-state index is 0.862. The van der Waals surface area contributed by atoms with Gasteiger partial charge in [0.25, 0.3) is 0 Å². The minimum atomic E-state index is -2.89. The van der Waals surface area contributed by atoms with Gasteiger partial charge in [-0.1, -0.05) is 0 Å². The van der Waals surface area contributed by atoms with Crippen LogP contribution in [0.5, 0.6) is 0 Å². The maximum absolute atomic E-state index is 7.34. The quantitative estimate of drug-likeness (QED) is 0.182. The monoisotopic (exact) mass is 577 g/mol. The third-order valence-electron chi connectivity index (χ3n) is 7.53. The number of hydrogen-bond donors (Lipinski definition) is 0. The molecule has 0 aliphatic carbocycles. The van der Waals surface area contributed by atoms with Crippen LogP contribution in [0.3, 0.4) is 0 Å². The molecule has 6 aromatic rings. The molecule has 0 heterocycles. The van der Waals surface area contributed by atoms with Crippen LogP contribution in [0, 0.1) is 0 Å².